The molecule has 0 saturated heterocycles. The van der Waals surface area contributed by atoms with E-state index < -0.39 is 0 Å². The van der Waals surface area contributed by atoms with Crippen molar-refractivity contribution >= 4 is 0 Å². The Balaban J connectivity index is -0.000000270. The van der Waals surface area contributed by atoms with Crippen LogP contribution in [-0.2, 0) is 25.8 Å². The van der Waals surface area contributed by atoms with Gasteiger partial charge in [-0.15, -0.1) is 12.8 Å². The van der Waals surface area contributed by atoms with Crippen molar-refractivity contribution in [3.8, 4) is 0 Å². The van der Waals surface area contributed by atoms with Crippen molar-refractivity contribution in [3.63, 3.8) is 0 Å². The molecule has 0 N–H and O–H groups in total. The van der Waals surface area contributed by atoms with Gasteiger partial charge in [-0.05, 0) is 11.8 Å². The molecule has 0 spiro atoms. The van der Waals surface area contributed by atoms with Gasteiger partial charge in [-0.25, -0.2) is 23.3 Å². The maximum absolute atomic E-state index is 3.29. The summed E-state index contributed by atoms with van der Waals surface area (Å²) in [6.45, 7) is 8.95. The van der Waals surface area contributed by atoms with E-state index >= 15 is 0 Å². The van der Waals surface area contributed by atoms with E-state index in [1.807, 2.05) is 0 Å². The largest absolute Gasteiger partial charge is 4.00 e. The monoisotopic (exact) mass is 460 g/mol. The van der Waals surface area contributed by atoms with Crippen molar-refractivity contribution in [2.24, 2.45) is 11.8 Å². The fraction of sp³-hybridized carbons (Fsp3) is 0.556. The fourth-order valence-corrected chi connectivity index (χ4v) is 2.06. The SMILES string of the molecule is CC(C)CC1=[C-]CC=C1.CC(C)CC1=[C-]CC=C1.[F-].[F-].[Hf+4]. The third-order valence-corrected chi connectivity index (χ3v) is 2.79. The van der Waals surface area contributed by atoms with Crippen LogP contribution in [0.2, 0.25) is 0 Å². The van der Waals surface area contributed by atoms with Crippen LogP contribution >= 0.6 is 0 Å². The van der Waals surface area contributed by atoms with Gasteiger partial charge in [0.2, 0.25) is 0 Å². The van der Waals surface area contributed by atoms with E-state index in [-0.39, 0.29) is 35.3 Å². The zero-order valence-electron chi connectivity index (χ0n) is 13.5. The Hall–Kier alpha value is -0.310. The molecule has 0 saturated carbocycles. The van der Waals surface area contributed by atoms with Gasteiger partial charge in [0.1, 0.15) is 0 Å². The van der Waals surface area contributed by atoms with Gasteiger partial charge in [-0.1, -0.05) is 40.5 Å². The van der Waals surface area contributed by atoms with Crippen molar-refractivity contribution < 1.29 is 35.3 Å². The molecule has 0 aliphatic heterocycles. The Labute approximate surface area is 148 Å². The molecule has 0 nitrogen and oxygen atoms in total. The first-order chi connectivity index (χ1) is 8.58. The Kier molecular flexibility index (Phi) is 17.8. The molecule has 0 amide bonds. The smallest absolute Gasteiger partial charge is 1.00 e. The van der Waals surface area contributed by atoms with Crippen molar-refractivity contribution in [1.82, 2.24) is 0 Å². The van der Waals surface area contributed by atoms with Crippen LogP contribution in [0.25, 0.3) is 0 Å². The minimum Gasteiger partial charge on any atom is -1.00 e. The molecule has 0 aromatic carbocycles. The molecule has 0 aromatic heterocycles. The van der Waals surface area contributed by atoms with Crippen molar-refractivity contribution in [2.45, 2.75) is 53.4 Å². The molecule has 0 bridgehead atoms. The van der Waals surface area contributed by atoms with Gasteiger partial charge in [0.05, 0.1) is 0 Å². The summed E-state index contributed by atoms with van der Waals surface area (Å²) in [7, 11) is 0. The first kappa shape index (κ1) is 25.6. The van der Waals surface area contributed by atoms with Gasteiger partial charge < -0.3 is 9.41 Å². The van der Waals surface area contributed by atoms with E-state index in [4.69, 9.17) is 0 Å². The molecule has 0 atom stereocenters. The quantitative estimate of drug-likeness (QED) is 0.392. The maximum Gasteiger partial charge on any atom is 4.00 e. The molecule has 0 fully saturated rings. The van der Waals surface area contributed by atoms with E-state index in [0.29, 0.717) is 0 Å². The van der Waals surface area contributed by atoms with Crippen LogP contribution in [0.1, 0.15) is 53.4 Å². The van der Waals surface area contributed by atoms with Gasteiger partial charge in [0.25, 0.3) is 0 Å². The standard InChI is InChI=1S/2C9H13.2FH.Hf/c2*1-8(2)7-9-5-3-4-6-9;;;/h2*3,5,8H,4,7H2,1-2H3;2*1H;/q2*-1;;;+4/p-2. The molecular formula is C18H26F2Hf. The van der Waals surface area contributed by atoms with Crippen LogP contribution in [0.3, 0.4) is 0 Å². The van der Waals surface area contributed by atoms with Crippen molar-refractivity contribution in [3.05, 3.63) is 47.6 Å². The average Bonchev–Trinajstić information content (AvgIpc) is 2.90. The number of hydrogen-bond acceptors (Lipinski definition) is 0. The molecule has 116 valence electrons. The van der Waals surface area contributed by atoms with E-state index in [9.17, 15) is 0 Å². The second-order valence-electron chi connectivity index (χ2n) is 5.81. The van der Waals surface area contributed by atoms with Gasteiger partial charge in [-0.2, -0.15) is 12.2 Å². The van der Waals surface area contributed by atoms with Gasteiger partial charge in [0, 0.05) is 0 Å². The molecule has 0 heterocycles. The van der Waals surface area contributed by atoms with E-state index in [2.05, 4.69) is 64.2 Å². The van der Waals surface area contributed by atoms with Crippen molar-refractivity contribution in [2.75, 3.05) is 0 Å². The van der Waals surface area contributed by atoms with E-state index in [0.717, 1.165) is 24.7 Å². The van der Waals surface area contributed by atoms with Crippen LogP contribution in [0.5, 0.6) is 0 Å². The molecule has 2 aliphatic rings. The molecule has 0 radical (unpaired) electrons. The summed E-state index contributed by atoms with van der Waals surface area (Å²) < 4.78 is 0. The van der Waals surface area contributed by atoms with Crippen LogP contribution in [0, 0.1) is 24.0 Å². The zero-order chi connectivity index (χ0) is 13.4. The Morgan fingerprint density at radius 2 is 1.14 bits per heavy atom. The number of hydrogen-bond donors (Lipinski definition) is 0. The van der Waals surface area contributed by atoms with E-state index in [1.54, 1.807) is 0 Å². The van der Waals surface area contributed by atoms with Crippen LogP contribution in [0.15, 0.2) is 35.5 Å². The maximum atomic E-state index is 3.29. The zero-order valence-corrected chi connectivity index (χ0v) is 17.1. The minimum absolute atomic E-state index is 0. The summed E-state index contributed by atoms with van der Waals surface area (Å²) in [4.78, 5) is 0. The first-order valence-electron chi connectivity index (χ1n) is 7.10. The summed E-state index contributed by atoms with van der Waals surface area (Å²) in [5.41, 5.74) is 2.79. The predicted octanol–water partition coefficient (Wildman–Crippen LogP) is -0.551. The molecular weight excluding hydrogens is 433 g/mol. The normalized spacial score (nSPS) is 14.6. The second kappa shape index (κ2) is 14.6. The Bertz CT molecular complexity index is 327. The van der Waals surface area contributed by atoms with Gasteiger partial charge in [0.15, 0.2) is 0 Å². The summed E-state index contributed by atoms with van der Waals surface area (Å²) in [5, 5.41) is 0. The van der Waals surface area contributed by atoms with Crippen LogP contribution in [-0.4, -0.2) is 0 Å². The Morgan fingerprint density at radius 3 is 1.33 bits per heavy atom. The average molecular weight is 459 g/mol. The van der Waals surface area contributed by atoms with Gasteiger partial charge in [-0.3, -0.25) is 12.2 Å². The number of halogens is 2. The molecule has 0 unspecified atom stereocenters. The molecule has 2 aliphatic carbocycles. The van der Waals surface area contributed by atoms with Crippen molar-refractivity contribution in [1.29, 1.82) is 0 Å². The number of allylic oxidation sites excluding steroid dienone is 8. The number of rotatable bonds is 4. The summed E-state index contributed by atoms with van der Waals surface area (Å²) in [5.74, 6) is 1.55. The molecule has 2 rings (SSSR count). The molecule has 21 heavy (non-hydrogen) atoms. The topological polar surface area (TPSA) is 0 Å². The molecule has 0 aromatic rings. The third kappa shape index (κ3) is 13.1. The summed E-state index contributed by atoms with van der Waals surface area (Å²) in [6.07, 6.45) is 19.7. The van der Waals surface area contributed by atoms with E-state index in [1.165, 1.54) is 24.0 Å². The third-order valence-electron chi connectivity index (χ3n) is 2.79. The molecule has 3 heteroatoms. The Morgan fingerprint density at radius 1 is 0.810 bits per heavy atom. The van der Waals surface area contributed by atoms with Crippen LogP contribution < -0.4 is 9.41 Å². The second-order valence-corrected chi connectivity index (χ2v) is 5.81. The summed E-state index contributed by atoms with van der Waals surface area (Å²) in [6, 6.07) is 0. The predicted molar refractivity (Wildman–Crippen MR) is 79.9 cm³/mol. The van der Waals surface area contributed by atoms with Crippen LogP contribution in [0.4, 0.5) is 0 Å². The van der Waals surface area contributed by atoms with Gasteiger partial charge >= 0.3 is 25.8 Å². The fourth-order valence-electron chi connectivity index (χ4n) is 2.06. The first-order valence-corrected chi connectivity index (χ1v) is 7.10. The summed E-state index contributed by atoms with van der Waals surface area (Å²) >= 11 is 0. The minimum atomic E-state index is 0.